The highest BCUT2D eigenvalue weighted by molar-refractivity contribution is 7.90. The van der Waals surface area contributed by atoms with Crippen LogP contribution in [0.3, 0.4) is 0 Å². The van der Waals surface area contributed by atoms with Gasteiger partial charge in [-0.05, 0) is 149 Å². The van der Waals surface area contributed by atoms with Crippen molar-refractivity contribution in [3.63, 3.8) is 0 Å². The molecule has 9 heteroatoms. The van der Waals surface area contributed by atoms with Gasteiger partial charge in [-0.3, -0.25) is 0 Å². The van der Waals surface area contributed by atoms with Gasteiger partial charge in [0.1, 0.15) is 5.75 Å². The number of benzene rings is 1. The molecule has 248 valence electrons. The summed E-state index contributed by atoms with van der Waals surface area (Å²) < 4.78 is 39.4. The first-order chi connectivity index (χ1) is 20.6. The molecule has 0 unspecified atom stereocenters. The summed E-state index contributed by atoms with van der Waals surface area (Å²) in [7, 11) is -4.10. The number of aliphatic hydroxyl groups excluding tert-OH is 2. The lowest BCUT2D eigenvalue weighted by Gasteiger charge is -2.64. The second kappa shape index (κ2) is 12.4. The Labute approximate surface area is 264 Å². The average molecular weight is 634 g/mol. The van der Waals surface area contributed by atoms with E-state index in [0.717, 1.165) is 51.4 Å². The van der Waals surface area contributed by atoms with Crippen molar-refractivity contribution in [2.45, 2.75) is 129 Å². The topological polar surface area (TPSA) is 122 Å². The monoisotopic (exact) mass is 633 g/mol. The standard InChI is InChI=1S/C35H55NO7S/c1-8-26-29-19-24(37)11-14-35(29,7)28-12-15-34(6)23(9-10-27(34)30(28)31(26)38)13-16-42-33(39)36-44(40,41)25-17-21(4)32(22(5)18-25)43-20(2)3/h17-18,20,23-24,26-31,37-38H,8-16,19H2,1-7H3,(H,36,39)/t23-,24-,26-,27+,28+,29+,30+,31-,34-,35-/m1/s1. The summed E-state index contributed by atoms with van der Waals surface area (Å²) in [4.78, 5) is 12.7. The number of nitrogens with one attached hydrogen (secondary N) is 1. The normalized spacial score (nSPS) is 38.4. The van der Waals surface area contributed by atoms with Crippen LogP contribution in [0, 0.1) is 60.2 Å². The third kappa shape index (κ3) is 5.90. The highest BCUT2D eigenvalue weighted by atomic mass is 32.2. The highest BCUT2D eigenvalue weighted by Gasteiger charge is 2.64. The summed E-state index contributed by atoms with van der Waals surface area (Å²) in [6.07, 6.45) is 7.00. The van der Waals surface area contributed by atoms with E-state index < -0.39 is 16.1 Å². The molecule has 4 aliphatic carbocycles. The molecule has 44 heavy (non-hydrogen) atoms. The zero-order valence-corrected chi connectivity index (χ0v) is 28.6. The molecule has 0 heterocycles. The maximum Gasteiger partial charge on any atom is 0.421 e. The fraction of sp³-hybridized carbons (Fsp3) is 0.800. The van der Waals surface area contributed by atoms with Crippen LogP contribution in [0.5, 0.6) is 5.75 Å². The van der Waals surface area contributed by atoms with Gasteiger partial charge in [0.2, 0.25) is 0 Å². The van der Waals surface area contributed by atoms with Gasteiger partial charge in [0.15, 0.2) is 0 Å². The van der Waals surface area contributed by atoms with E-state index >= 15 is 0 Å². The summed E-state index contributed by atoms with van der Waals surface area (Å²) >= 11 is 0. The smallest absolute Gasteiger partial charge is 0.421 e. The molecule has 8 nitrogen and oxygen atoms in total. The predicted octanol–water partition coefficient (Wildman–Crippen LogP) is 6.52. The summed E-state index contributed by atoms with van der Waals surface area (Å²) in [6, 6.07) is 3.02. The van der Waals surface area contributed by atoms with Crippen LogP contribution in [0.2, 0.25) is 0 Å². The Morgan fingerprint density at radius 3 is 2.27 bits per heavy atom. The Hall–Kier alpha value is -1.84. The van der Waals surface area contributed by atoms with Crippen molar-refractivity contribution in [2.75, 3.05) is 6.61 Å². The van der Waals surface area contributed by atoms with Crippen molar-refractivity contribution in [2.24, 2.45) is 46.3 Å². The van der Waals surface area contributed by atoms with Gasteiger partial charge >= 0.3 is 6.09 Å². The SMILES string of the molecule is CC[C@H]1[C@@H](O)[C@@H]2[C@H](CC[C@]3(C)[C@@H](CCOC(=O)NS(=O)(=O)c4cc(C)c(OC(C)C)c(C)c4)CC[C@@H]23)[C@@]2(C)CC[C@@H](O)C[C@@H]12. The van der Waals surface area contributed by atoms with Crippen molar-refractivity contribution in [3.05, 3.63) is 23.3 Å². The molecule has 0 aromatic heterocycles. The van der Waals surface area contributed by atoms with Crippen LogP contribution in [0.1, 0.15) is 104 Å². The number of fused-ring (bicyclic) bond motifs is 5. The first kappa shape index (κ1) is 33.5. The molecule has 0 radical (unpaired) electrons. The first-order valence-electron chi connectivity index (χ1n) is 17.0. The Kier molecular flexibility index (Phi) is 9.45. The summed E-state index contributed by atoms with van der Waals surface area (Å²) in [5.41, 5.74) is 1.59. The Bertz CT molecular complexity index is 1310. The van der Waals surface area contributed by atoms with E-state index in [1.165, 1.54) is 12.1 Å². The van der Waals surface area contributed by atoms with Crippen LogP contribution in [0.4, 0.5) is 4.79 Å². The number of carbonyl (C=O) groups is 1. The van der Waals surface area contributed by atoms with Gasteiger partial charge in [-0.25, -0.2) is 17.9 Å². The van der Waals surface area contributed by atoms with E-state index in [1.54, 1.807) is 13.8 Å². The molecule has 0 saturated heterocycles. The molecule has 4 aliphatic rings. The van der Waals surface area contributed by atoms with Gasteiger partial charge < -0.3 is 19.7 Å². The maximum atomic E-state index is 13.0. The van der Waals surface area contributed by atoms with Gasteiger partial charge in [0, 0.05) is 0 Å². The Balaban J connectivity index is 1.21. The number of carbonyl (C=O) groups excluding carboxylic acids is 1. The third-order valence-corrected chi connectivity index (χ3v) is 13.9. The van der Waals surface area contributed by atoms with Crippen molar-refractivity contribution in [1.82, 2.24) is 4.72 Å². The third-order valence-electron chi connectivity index (χ3n) is 12.6. The molecule has 1 amide bonds. The van der Waals surface area contributed by atoms with E-state index in [0.29, 0.717) is 47.0 Å². The van der Waals surface area contributed by atoms with Crippen LogP contribution in [0.25, 0.3) is 0 Å². The fourth-order valence-corrected chi connectivity index (χ4v) is 11.6. The van der Waals surface area contributed by atoms with E-state index in [2.05, 4.69) is 25.5 Å². The maximum absolute atomic E-state index is 13.0. The molecule has 0 aliphatic heterocycles. The Morgan fingerprint density at radius 1 is 1.00 bits per heavy atom. The number of sulfonamides is 1. The van der Waals surface area contributed by atoms with Gasteiger partial charge in [-0.2, -0.15) is 0 Å². The predicted molar refractivity (Wildman–Crippen MR) is 170 cm³/mol. The molecule has 4 fully saturated rings. The van der Waals surface area contributed by atoms with Crippen LogP contribution >= 0.6 is 0 Å². The van der Waals surface area contributed by atoms with Crippen LogP contribution < -0.4 is 9.46 Å². The minimum Gasteiger partial charge on any atom is -0.490 e. The summed E-state index contributed by atoms with van der Waals surface area (Å²) in [5, 5.41) is 22.4. The Morgan fingerprint density at radius 2 is 1.64 bits per heavy atom. The number of hydrogen-bond acceptors (Lipinski definition) is 7. The minimum atomic E-state index is -4.10. The molecule has 1 aromatic rings. The van der Waals surface area contributed by atoms with E-state index in [9.17, 15) is 23.4 Å². The summed E-state index contributed by atoms with van der Waals surface area (Å²) in [5.74, 6) is 2.75. The van der Waals surface area contributed by atoms with Gasteiger partial charge in [-0.15, -0.1) is 0 Å². The van der Waals surface area contributed by atoms with Crippen molar-refractivity contribution in [3.8, 4) is 5.75 Å². The molecule has 1 aromatic carbocycles. The van der Waals surface area contributed by atoms with Crippen LogP contribution in [-0.2, 0) is 14.8 Å². The largest absolute Gasteiger partial charge is 0.490 e. The molecule has 0 bridgehead atoms. The second-order valence-corrected chi connectivity index (χ2v) is 17.0. The number of amides is 1. The quantitative estimate of drug-likeness (QED) is 0.298. The van der Waals surface area contributed by atoms with Gasteiger partial charge in [0.25, 0.3) is 10.0 Å². The highest BCUT2D eigenvalue weighted by Crippen LogP contribution is 2.69. The van der Waals surface area contributed by atoms with E-state index in [-0.39, 0.29) is 52.5 Å². The van der Waals surface area contributed by atoms with Crippen LogP contribution in [-0.4, -0.2) is 49.6 Å². The van der Waals surface area contributed by atoms with Gasteiger partial charge in [0.05, 0.1) is 29.8 Å². The number of hydrogen-bond donors (Lipinski definition) is 3. The number of aliphatic hydroxyl groups is 2. The zero-order chi connectivity index (χ0) is 32.2. The van der Waals surface area contributed by atoms with Gasteiger partial charge in [-0.1, -0.05) is 27.2 Å². The van der Waals surface area contributed by atoms with E-state index in [1.807, 2.05) is 13.8 Å². The molecular formula is C35H55NO7S. The molecular weight excluding hydrogens is 578 g/mol. The minimum absolute atomic E-state index is 0.00305. The number of rotatable bonds is 8. The first-order valence-corrected chi connectivity index (χ1v) is 18.4. The van der Waals surface area contributed by atoms with E-state index in [4.69, 9.17) is 9.47 Å². The number of aryl methyl sites for hydroxylation is 2. The second-order valence-electron chi connectivity index (χ2n) is 15.3. The molecule has 10 atom stereocenters. The van der Waals surface area contributed by atoms with Crippen molar-refractivity contribution < 1.29 is 32.9 Å². The lowest BCUT2D eigenvalue weighted by molar-refractivity contribution is -0.202. The summed E-state index contributed by atoms with van der Waals surface area (Å²) in [6.45, 7) is 14.6. The molecule has 3 N–H and O–H groups in total. The van der Waals surface area contributed by atoms with Crippen LogP contribution in [0.15, 0.2) is 17.0 Å². The lowest BCUT2D eigenvalue weighted by atomic mass is 9.41. The van der Waals surface area contributed by atoms with Crippen molar-refractivity contribution in [1.29, 1.82) is 0 Å². The van der Waals surface area contributed by atoms with Crippen molar-refractivity contribution >= 4 is 16.1 Å². The zero-order valence-electron chi connectivity index (χ0n) is 27.8. The molecule has 0 spiro atoms. The lowest BCUT2D eigenvalue weighted by Crippen LogP contribution is -2.62. The number of ether oxygens (including phenoxy) is 2. The average Bonchev–Trinajstić information content (AvgIpc) is 3.27. The molecule has 5 rings (SSSR count). The molecule has 4 saturated carbocycles. The fourth-order valence-electron chi connectivity index (χ4n) is 10.5.